The molecule has 1 N–H and O–H groups in total. The highest BCUT2D eigenvalue weighted by molar-refractivity contribution is 5.95. The lowest BCUT2D eigenvalue weighted by Gasteiger charge is -2.41. The van der Waals surface area contributed by atoms with Gasteiger partial charge in [-0.15, -0.1) is 0 Å². The Morgan fingerprint density at radius 2 is 1.68 bits per heavy atom. The first-order valence-electron chi connectivity index (χ1n) is 12.1. The second-order valence-corrected chi connectivity index (χ2v) is 9.27. The predicted molar refractivity (Wildman–Crippen MR) is 129 cm³/mol. The van der Waals surface area contributed by atoms with Gasteiger partial charge >= 0.3 is 0 Å². The van der Waals surface area contributed by atoms with Crippen LogP contribution in [0.15, 0.2) is 54.6 Å². The van der Waals surface area contributed by atoms with E-state index in [4.69, 9.17) is 0 Å². The molecule has 2 aliphatic rings. The number of amides is 2. The second kappa shape index (κ2) is 10.8. The molecule has 0 radical (unpaired) electrons. The van der Waals surface area contributed by atoms with Crippen molar-refractivity contribution in [1.29, 1.82) is 0 Å². The Hall–Kier alpha value is -3.26. The molecule has 2 aromatic rings. The summed E-state index contributed by atoms with van der Waals surface area (Å²) in [5.41, 5.74) is 1.31. The van der Waals surface area contributed by atoms with Crippen molar-refractivity contribution in [3.63, 3.8) is 0 Å². The highest BCUT2D eigenvalue weighted by Crippen LogP contribution is 2.31. The number of hydrogen-bond donors (Lipinski definition) is 1. The van der Waals surface area contributed by atoms with Gasteiger partial charge in [0.1, 0.15) is 0 Å². The number of nitro groups is 1. The van der Waals surface area contributed by atoms with Crippen molar-refractivity contribution in [2.24, 2.45) is 5.92 Å². The molecule has 0 bridgehead atoms. The van der Waals surface area contributed by atoms with E-state index in [9.17, 15) is 19.7 Å². The van der Waals surface area contributed by atoms with Crippen LogP contribution in [0.1, 0.15) is 54.6 Å². The summed E-state index contributed by atoms with van der Waals surface area (Å²) in [4.78, 5) is 40.9. The molecular formula is C26H32N4O4. The lowest BCUT2D eigenvalue weighted by atomic mass is 9.94. The number of carbonyl (C=O) groups excluding carboxylic acids is 2. The maximum atomic E-state index is 13.5. The minimum atomic E-state index is -0.490. The number of piperazine rings is 1. The Morgan fingerprint density at radius 3 is 2.32 bits per heavy atom. The van der Waals surface area contributed by atoms with Gasteiger partial charge < -0.3 is 10.2 Å². The smallest absolute Gasteiger partial charge is 0.270 e. The third-order valence-corrected chi connectivity index (χ3v) is 7.07. The quantitative estimate of drug-likeness (QED) is 0.497. The Balaban J connectivity index is 1.42. The first-order valence-corrected chi connectivity index (χ1v) is 12.1. The maximum absolute atomic E-state index is 13.5. The molecule has 2 aromatic carbocycles. The molecule has 1 aliphatic heterocycles. The Kier molecular flexibility index (Phi) is 7.57. The molecule has 0 unspecified atom stereocenters. The molecule has 0 aromatic heterocycles. The normalized spacial score (nSPS) is 18.9. The van der Waals surface area contributed by atoms with Gasteiger partial charge in [-0.2, -0.15) is 0 Å². The van der Waals surface area contributed by atoms with Crippen LogP contribution in [0.4, 0.5) is 5.69 Å². The number of nitrogens with zero attached hydrogens (tertiary/aromatic N) is 3. The molecular weight excluding hydrogens is 432 g/mol. The van der Waals surface area contributed by atoms with E-state index in [1.54, 1.807) is 11.0 Å². The molecule has 180 valence electrons. The summed E-state index contributed by atoms with van der Waals surface area (Å²) in [5.74, 6) is 0.173. The van der Waals surface area contributed by atoms with E-state index in [1.807, 2.05) is 37.3 Å². The van der Waals surface area contributed by atoms with E-state index in [2.05, 4.69) is 10.2 Å². The first-order chi connectivity index (χ1) is 16.4. The van der Waals surface area contributed by atoms with Gasteiger partial charge in [-0.05, 0) is 37.3 Å². The van der Waals surface area contributed by atoms with Gasteiger partial charge in [0.25, 0.3) is 11.6 Å². The van der Waals surface area contributed by atoms with Gasteiger partial charge in [0, 0.05) is 43.9 Å². The minimum absolute atomic E-state index is 0.0571. The molecule has 1 heterocycles. The number of nitro benzene ring substituents is 1. The number of benzene rings is 2. The van der Waals surface area contributed by atoms with E-state index in [-0.39, 0.29) is 29.6 Å². The monoisotopic (exact) mass is 464 g/mol. The topological polar surface area (TPSA) is 95.8 Å². The zero-order valence-electron chi connectivity index (χ0n) is 19.6. The summed E-state index contributed by atoms with van der Waals surface area (Å²) in [6.07, 6.45) is 4.39. The van der Waals surface area contributed by atoms with Crippen LogP contribution < -0.4 is 5.32 Å². The molecule has 0 spiro atoms. The largest absolute Gasteiger partial charge is 0.348 e. The molecule has 1 saturated heterocycles. The molecule has 34 heavy (non-hydrogen) atoms. The number of carbonyl (C=O) groups is 2. The fraction of sp³-hybridized carbons (Fsp3) is 0.462. The van der Waals surface area contributed by atoms with Gasteiger partial charge in [-0.3, -0.25) is 24.6 Å². The summed E-state index contributed by atoms with van der Waals surface area (Å²) >= 11 is 0. The highest BCUT2D eigenvalue weighted by Gasteiger charge is 2.38. The maximum Gasteiger partial charge on any atom is 0.270 e. The van der Waals surface area contributed by atoms with E-state index < -0.39 is 4.92 Å². The van der Waals surface area contributed by atoms with Crippen molar-refractivity contribution in [3.05, 3.63) is 75.8 Å². The zero-order valence-corrected chi connectivity index (χ0v) is 19.6. The van der Waals surface area contributed by atoms with Crippen LogP contribution in [0.25, 0.3) is 0 Å². The standard InChI is InChI=1S/C26H32N4O4/c1-19(20-8-3-2-4-9-20)27-25(31)24(21-10-5-6-11-21)28-14-16-29(17-15-28)26(32)22-12-7-13-23(18-22)30(33)34/h2-4,7-9,12-13,18-19,21,24H,5-6,10-11,14-17H2,1H3,(H,27,31)/t19-,24+/m0/s1. The zero-order chi connectivity index (χ0) is 24.1. The lowest BCUT2D eigenvalue weighted by Crippen LogP contribution is -2.58. The van der Waals surface area contributed by atoms with E-state index in [0.29, 0.717) is 37.7 Å². The van der Waals surface area contributed by atoms with Crippen LogP contribution in [0.2, 0.25) is 0 Å². The summed E-state index contributed by atoms with van der Waals surface area (Å²) in [5, 5.41) is 14.3. The van der Waals surface area contributed by atoms with Gasteiger partial charge in [0.2, 0.25) is 5.91 Å². The predicted octanol–water partition coefficient (Wildman–Crippen LogP) is 3.79. The Bertz CT molecular complexity index is 1010. The molecule has 4 rings (SSSR count). The van der Waals surface area contributed by atoms with Gasteiger partial charge in [-0.1, -0.05) is 49.2 Å². The Morgan fingerprint density at radius 1 is 1.00 bits per heavy atom. The summed E-state index contributed by atoms with van der Waals surface area (Å²) in [6.45, 7) is 4.21. The fourth-order valence-electron chi connectivity index (χ4n) is 5.21. The van der Waals surface area contributed by atoms with E-state index >= 15 is 0 Å². The number of nitrogens with one attached hydrogen (secondary N) is 1. The van der Waals surface area contributed by atoms with Gasteiger partial charge in [0.05, 0.1) is 17.0 Å². The molecule has 8 nitrogen and oxygen atoms in total. The fourth-order valence-corrected chi connectivity index (χ4v) is 5.21. The number of rotatable bonds is 7. The van der Waals surface area contributed by atoms with Crippen molar-refractivity contribution >= 4 is 17.5 Å². The van der Waals surface area contributed by atoms with Crippen LogP contribution in [0, 0.1) is 16.0 Å². The van der Waals surface area contributed by atoms with Crippen molar-refractivity contribution in [3.8, 4) is 0 Å². The molecule has 2 amide bonds. The van der Waals surface area contributed by atoms with E-state index in [0.717, 1.165) is 31.2 Å². The summed E-state index contributed by atoms with van der Waals surface area (Å²) in [6, 6.07) is 15.5. The lowest BCUT2D eigenvalue weighted by molar-refractivity contribution is -0.384. The van der Waals surface area contributed by atoms with Crippen LogP contribution in [-0.2, 0) is 4.79 Å². The second-order valence-electron chi connectivity index (χ2n) is 9.27. The van der Waals surface area contributed by atoms with Crippen molar-refractivity contribution < 1.29 is 14.5 Å². The van der Waals surface area contributed by atoms with Gasteiger partial charge in [-0.25, -0.2) is 0 Å². The minimum Gasteiger partial charge on any atom is -0.348 e. The summed E-state index contributed by atoms with van der Waals surface area (Å²) in [7, 11) is 0. The van der Waals surface area contributed by atoms with Crippen LogP contribution in [0.3, 0.4) is 0 Å². The average molecular weight is 465 g/mol. The number of hydrogen-bond acceptors (Lipinski definition) is 5. The number of non-ortho nitro benzene ring substituents is 1. The SMILES string of the molecule is C[C@H](NC(=O)[C@@H](C1CCCC1)N1CCN(C(=O)c2cccc([N+](=O)[O-])c2)CC1)c1ccccc1. The average Bonchev–Trinajstić information content (AvgIpc) is 3.39. The van der Waals surface area contributed by atoms with E-state index in [1.165, 1.54) is 18.2 Å². The molecule has 1 saturated carbocycles. The third-order valence-electron chi connectivity index (χ3n) is 7.07. The van der Waals surface area contributed by atoms with Crippen molar-refractivity contribution in [1.82, 2.24) is 15.1 Å². The molecule has 2 fully saturated rings. The highest BCUT2D eigenvalue weighted by atomic mass is 16.6. The van der Waals surface area contributed by atoms with Crippen molar-refractivity contribution in [2.45, 2.75) is 44.7 Å². The van der Waals surface area contributed by atoms with Crippen LogP contribution >= 0.6 is 0 Å². The summed E-state index contributed by atoms with van der Waals surface area (Å²) < 4.78 is 0. The molecule has 2 atom stereocenters. The van der Waals surface area contributed by atoms with Crippen molar-refractivity contribution in [2.75, 3.05) is 26.2 Å². The van der Waals surface area contributed by atoms with Crippen LogP contribution in [-0.4, -0.2) is 58.8 Å². The Labute approximate surface area is 200 Å². The van der Waals surface area contributed by atoms with Gasteiger partial charge in [0.15, 0.2) is 0 Å². The third kappa shape index (κ3) is 5.44. The first kappa shape index (κ1) is 23.9. The molecule has 8 heteroatoms. The molecule has 1 aliphatic carbocycles. The van der Waals surface area contributed by atoms with Crippen LogP contribution in [0.5, 0.6) is 0 Å².